The molecule has 32 heavy (non-hydrogen) atoms. The fraction of sp³-hybridized carbons (Fsp3) is 0.304. The van der Waals surface area contributed by atoms with E-state index in [2.05, 4.69) is 11.8 Å². The van der Waals surface area contributed by atoms with Crippen LogP contribution in [0.25, 0.3) is 0 Å². The van der Waals surface area contributed by atoms with E-state index in [-0.39, 0.29) is 5.91 Å². The topological polar surface area (TPSA) is 63.6 Å². The monoisotopic (exact) mass is 469 g/mol. The van der Waals surface area contributed by atoms with Crippen molar-refractivity contribution in [2.45, 2.75) is 18.7 Å². The van der Waals surface area contributed by atoms with Crippen LogP contribution in [-0.4, -0.2) is 49.4 Å². The lowest BCUT2D eigenvalue weighted by Crippen LogP contribution is -2.29. The first-order valence-electron chi connectivity index (χ1n) is 10.5. The van der Waals surface area contributed by atoms with E-state index in [1.165, 1.54) is 11.8 Å². The average molecular weight is 470 g/mol. The van der Waals surface area contributed by atoms with E-state index in [1.54, 1.807) is 23.8 Å². The number of benzene rings is 2. The maximum Gasteiger partial charge on any atom is 0.269 e. The summed E-state index contributed by atoms with van der Waals surface area (Å²) in [5.41, 5.74) is 1.79. The number of fused-ring (bicyclic) bond motifs is 2. The van der Waals surface area contributed by atoms with E-state index < -0.39 is 0 Å². The van der Waals surface area contributed by atoms with Gasteiger partial charge >= 0.3 is 0 Å². The van der Waals surface area contributed by atoms with Gasteiger partial charge in [0, 0.05) is 30.1 Å². The smallest absolute Gasteiger partial charge is 0.269 e. The molecular weight excluding hydrogens is 446 g/mol. The first-order valence-corrected chi connectivity index (χ1v) is 12.1. The van der Waals surface area contributed by atoms with Crippen molar-refractivity contribution in [3.05, 3.63) is 46.3 Å². The maximum atomic E-state index is 13.3. The van der Waals surface area contributed by atoms with Gasteiger partial charge in [0.15, 0.2) is 16.7 Å². The molecule has 3 aliphatic rings. The second-order valence-corrected chi connectivity index (χ2v) is 9.20. The second kappa shape index (κ2) is 8.63. The van der Waals surface area contributed by atoms with Crippen molar-refractivity contribution < 1.29 is 19.0 Å². The van der Waals surface area contributed by atoms with Gasteiger partial charge in [0.05, 0.1) is 18.5 Å². The molecule has 1 fully saturated rings. The molecule has 3 aliphatic heterocycles. The molecule has 1 saturated heterocycles. The van der Waals surface area contributed by atoms with Crippen molar-refractivity contribution in [1.82, 2.24) is 4.90 Å². The predicted molar refractivity (Wildman–Crippen MR) is 128 cm³/mol. The van der Waals surface area contributed by atoms with Crippen LogP contribution in [-0.2, 0) is 4.79 Å². The normalized spacial score (nSPS) is 20.8. The number of aliphatic imine (C=N–C) groups is 1. The zero-order chi connectivity index (χ0) is 22.2. The molecular formula is C23H23N3O4S2. The molecule has 0 atom stereocenters. The second-order valence-electron chi connectivity index (χ2n) is 7.19. The molecule has 2 aromatic carbocycles. The summed E-state index contributed by atoms with van der Waals surface area (Å²) in [6.07, 6.45) is 0. The van der Waals surface area contributed by atoms with E-state index in [1.807, 2.05) is 43.3 Å². The third-order valence-corrected chi connectivity index (χ3v) is 7.73. The molecule has 0 N–H and O–H groups in total. The van der Waals surface area contributed by atoms with E-state index in [4.69, 9.17) is 19.2 Å². The summed E-state index contributed by atoms with van der Waals surface area (Å²) < 4.78 is 16.7. The van der Waals surface area contributed by atoms with Crippen LogP contribution < -0.4 is 19.1 Å². The van der Waals surface area contributed by atoms with Gasteiger partial charge in [-0.1, -0.05) is 11.8 Å². The highest BCUT2D eigenvalue weighted by Crippen LogP contribution is 2.51. The molecule has 0 unspecified atom stereocenters. The number of methoxy groups -OCH3 is 1. The van der Waals surface area contributed by atoms with Gasteiger partial charge in [-0.25, -0.2) is 4.99 Å². The van der Waals surface area contributed by atoms with Crippen LogP contribution in [0.15, 0.2) is 56.2 Å². The summed E-state index contributed by atoms with van der Waals surface area (Å²) in [5, 5.41) is 1.61. The van der Waals surface area contributed by atoms with Gasteiger partial charge in [0.1, 0.15) is 28.9 Å². The molecule has 3 heterocycles. The number of anilines is 1. The van der Waals surface area contributed by atoms with Crippen LogP contribution in [0, 0.1) is 0 Å². The van der Waals surface area contributed by atoms with Gasteiger partial charge in [0.2, 0.25) is 0 Å². The number of amidine groups is 1. The molecule has 9 heteroatoms. The van der Waals surface area contributed by atoms with E-state index >= 15 is 0 Å². The summed E-state index contributed by atoms with van der Waals surface area (Å²) in [7, 11) is 1.66. The lowest BCUT2D eigenvalue weighted by molar-refractivity contribution is -0.122. The van der Waals surface area contributed by atoms with Crippen molar-refractivity contribution in [2.24, 2.45) is 4.99 Å². The van der Waals surface area contributed by atoms with Crippen LogP contribution in [0.4, 0.5) is 11.4 Å². The fourth-order valence-corrected chi connectivity index (χ4v) is 6.22. The Morgan fingerprint density at radius 1 is 1.00 bits per heavy atom. The molecule has 2 aromatic rings. The van der Waals surface area contributed by atoms with Crippen LogP contribution in [0.2, 0.25) is 0 Å². The van der Waals surface area contributed by atoms with Crippen molar-refractivity contribution >= 4 is 46.0 Å². The van der Waals surface area contributed by atoms with Gasteiger partial charge < -0.3 is 19.1 Å². The van der Waals surface area contributed by atoms with Gasteiger partial charge in [-0.2, -0.15) is 0 Å². The number of likely N-dealkylation sites (N-methyl/N-ethyl adjacent to an activating group) is 1. The summed E-state index contributed by atoms with van der Waals surface area (Å²) in [6.45, 7) is 6.41. The molecule has 0 bridgehead atoms. The molecule has 0 saturated carbocycles. The number of thioether (sulfide) groups is 2. The minimum absolute atomic E-state index is 0.0190. The highest BCUT2D eigenvalue weighted by Gasteiger charge is 2.39. The molecule has 166 valence electrons. The minimum Gasteiger partial charge on any atom is -0.497 e. The highest BCUT2D eigenvalue weighted by atomic mass is 32.2. The quantitative estimate of drug-likeness (QED) is 0.593. The number of amides is 1. The molecule has 5 rings (SSSR count). The number of rotatable bonds is 4. The zero-order valence-electron chi connectivity index (χ0n) is 18.1. The van der Waals surface area contributed by atoms with Crippen molar-refractivity contribution in [3.63, 3.8) is 0 Å². The van der Waals surface area contributed by atoms with Crippen LogP contribution in [0.1, 0.15) is 13.8 Å². The number of carbonyl (C=O) groups is 1. The van der Waals surface area contributed by atoms with Crippen molar-refractivity contribution in [3.8, 4) is 17.2 Å². The Hall–Kier alpha value is -2.78. The maximum absolute atomic E-state index is 13.3. The van der Waals surface area contributed by atoms with E-state index in [0.29, 0.717) is 35.6 Å². The van der Waals surface area contributed by atoms with Gasteiger partial charge in [0.25, 0.3) is 5.91 Å². The molecule has 1 amide bonds. The number of hydrogen-bond donors (Lipinski definition) is 0. The third kappa shape index (κ3) is 3.59. The van der Waals surface area contributed by atoms with Gasteiger partial charge in [-0.3, -0.25) is 9.69 Å². The number of nitrogens with zero attached hydrogens (tertiary/aromatic N) is 3. The zero-order valence-corrected chi connectivity index (χ0v) is 19.7. The van der Waals surface area contributed by atoms with Crippen LogP contribution in [0.5, 0.6) is 17.2 Å². The Balaban J connectivity index is 1.51. The molecule has 0 aliphatic carbocycles. The van der Waals surface area contributed by atoms with Gasteiger partial charge in [-0.05, 0) is 49.9 Å². The Morgan fingerprint density at radius 3 is 2.53 bits per heavy atom. The lowest BCUT2D eigenvalue weighted by Gasteiger charge is -2.19. The molecule has 7 nitrogen and oxygen atoms in total. The molecule has 0 aromatic heterocycles. The van der Waals surface area contributed by atoms with Crippen LogP contribution >= 0.6 is 23.5 Å². The predicted octanol–water partition coefficient (Wildman–Crippen LogP) is 4.85. The molecule has 0 radical (unpaired) electrons. The summed E-state index contributed by atoms with van der Waals surface area (Å²) >= 11 is 3.04. The van der Waals surface area contributed by atoms with Crippen LogP contribution in [0.3, 0.4) is 0 Å². The van der Waals surface area contributed by atoms with E-state index in [9.17, 15) is 4.79 Å². The van der Waals surface area contributed by atoms with Crippen molar-refractivity contribution in [2.75, 3.05) is 38.3 Å². The van der Waals surface area contributed by atoms with E-state index in [0.717, 1.165) is 39.3 Å². The first kappa shape index (κ1) is 21.1. The lowest BCUT2D eigenvalue weighted by atomic mass is 10.2. The highest BCUT2D eigenvalue weighted by molar-refractivity contribution is 8.19. The Bertz CT molecular complexity index is 1150. The largest absolute Gasteiger partial charge is 0.497 e. The van der Waals surface area contributed by atoms with Gasteiger partial charge in [-0.15, -0.1) is 0 Å². The third-order valence-electron chi connectivity index (χ3n) is 5.35. The Labute approximate surface area is 195 Å². The first-order chi connectivity index (χ1) is 15.6. The minimum atomic E-state index is -0.0190. The standard InChI is InChI=1S/C23H23N3O4S2/c1-4-25-16-13-15(28-3)7-9-19(16)31-22(25)20-21(27)26(5-2)23(32-20)24-14-6-8-17-18(12-14)30-11-10-29-17/h6-9,12-13H,4-5,10-11H2,1-3H3/b22-20-,24-23?. The fourth-order valence-electron chi connectivity index (χ4n) is 3.78. The van der Waals surface area contributed by atoms with Crippen molar-refractivity contribution in [1.29, 1.82) is 0 Å². The summed E-state index contributed by atoms with van der Waals surface area (Å²) in [5.74, 6) is 2.19. The SMILES string of the molecule is CCN1C(=O)/C(=C2/Sc3ccc(OC)cc3N2CC)SC1=Nc1ccc2c(c1)OCCO2. The number of carbonyl (C=O) groups excluding carboxylic acids is 1. The molecule has 0 spiro atoms. The summed E-state index contributed by atoms with van der Waals surface area (Å²) in [6, 6.07) is 11.6. The Morgan fingerprint density at radius 2 is 1.78 bits per heavy atom. The number of ether oxygens (including phenoxy) is 3. The Kier molecular flexibility index (Phi) is 5.69. The summed E-state index contributed by atoms with van der Waals surface area (Å²) in [4.78, 5) is 23.8. The average Bonchev–Trinajstić information content (AvgIpc) is 3.34. The number of hydrogen-bond acceptors (Lipinski definition) is 8.